The van der Waals surface area contributed by atoms with Gasteiger partial charge in [0.05, 0.1) is 36.5 Å². The molecular weight excluding hydrogens is 1830 g/mol. The number of hydrogen-bond donors (Lipinski definition) is 8. The number of carbonyl (C=O) groups excluding carboxylic acids is 4. The Balaban J connectivity index is 0.000000133. The molecule has 804 valence electrons. The van der Waals surface area contributed by atoms with Gasteiger partial charge < -0.3 is 79.6 Å². The first-order valence-electron chi connectivity index (χ1n) is 58.8. The van der Waals surface area contributed by atoms with E-state index in [1.807, 2.05) is 24.8 Å². The Kier molecular flexibility index (Phi) is 38.6. The van der Waals surface area contributed by atoms with Crippen molar-refractivity contribution in [1.29, 1.82) is 0 Å². The molecule has 6 aliphatic carbocycles. The van der Waals surface area contributed by atoms with E-state index in [1.165, 1.54) is 73.6 Å². The van der Waals surface area contributed by atoms with E-state index in [2.05, 4.69) is 163 Å². The van der Waals surface area contributed by atoms with Crippen LogP contribution in [0.5, 0.6) is 0 Å². The number of anilines is 4. The first-order chi connectivity index (χ1) is 70.9. The van der Waals surface area contributed by atoms with Crippen molar-refractivity contribution in [1.82, 2.24) is 87.5 Å². The number of amides is 4. The number of fused-ring (bicyclic) bond motifs is 4. The van der Waals surface area contributed by atoms with E-state index < -0.39 is 0 Å². The zero-order valence-electron chi connectivity index (χ0n) is 90.6. The topological polar surface area (TPSA) is 340 Å². The molecule has 30 nitrogen and oxygen atoms in total. The lowest BCUT2D eigenvalue weighted by Crippen LogP contribution is -2.51. The molecule has 8 aromatic heterocycles. The molecule has 6 aliphatic heterocycles. The van der Waals surface area contributed by atoms with Crippen LogP contribution < -0.4 is 21.3 Å². The van der Waals surface area contributed by atoms with Gasteiger partial charge in [-0.15, -0.1) is 0 Å². The largest absolute Gasteiger partial charge is 0.393 e. The summed E-state index contributed by atoms with van der Waals surface area (Å²) in [6.45, 7) is 26.3. The maximum Gasteiger partial charge on any atom is 0.239 e. The molecule has 12 aliphatic rings. The van der Waals surface area contributed by atoms with Crippen LogP contribution >= 0.6 is 0 Å². The average Bonchev–Trinajstić information content (AvgIpc) is 1.63. The molecule has 1 unspecified atom stereocenters. The summed E-state index contributed by atoms with van der Waals surface area (Å²) in [6.07, 6.45) is 66.6. The number of nitrogens with zero attached hydrogens (tertiary/aromatic N) is 18. The predicted octanol–water partition coefficient (Wildman–Crippen LogP) is 21.0. The predicted molar refractivity (Wildman–Crippen MR) is 584 cm³/mol. The van der Waals surface area contributed by atoms with Crippen molar-refractivity contribution in [2.24, 2.45) is 11.8 Å². The number of piperidine rings is 6. The summed E-state index contributed by atoms with van der Waals surface area (Å²) >= 11 is 0. The van der Waals surface area contributed by atoms with E-state index in [0.29, 0.717) is 119 Å². The van der Waals surface area contributed by atoms with Crippen molar-refractivity contribution < 1.29 is 39.6 Å². The molecule has 20 rings (SSSR count). The van der Waals surface area contributed by atoms with Crippen LogP contribution in [0.15, 0.2) is 49.6 Å². The Hall–Kier alpha value is -8.68. The summed E-state index contributed by atoms with van der Waals surface area (Å²) in [5, 5.41) is 58.9. The zero-order valence-corrected chi connectivity index (χ0v) is 90.6. The molecule has 0 radical (unpaired) electrons. The van der Waals surface area contributed by atoms with Gasteiger partial charge in [0.1, 0.15) is 22.6 Å². The molecule has 0 spiro atoms. The molecule has 0 aromatic carbocycles. The van der Waals surface area contributed by atoms with E-state index in [1.54, 1.807) is 0 Å². The Morgan fingerprint density at radius 3 is 0.726 bits per heavy atom. The number of rotatable bonds is 28. The van der Waals surface area contributed by atoms with Crippen LogP contribution in [-0.4, -0.2) is 272 Å². The highest BCUT2D eigenvalue weighted by Crippen LogP contribution is 2.47. The number of aliphatic hydroxyl groups excluding tert-OH is 4. The fraction of sp³-hybridized carbons (Fsp3) is 0.759. The fourth-order valence-electron chi connectivity index (χ4n) is 27.2. The highest BCUT2D eigenvalue weighted by atomic mass is 16.3. The van der Waals surface area contributed by atoms with Crippen molar-refractivity contribution in [2.75, 3.05) is 101 Å². The first-order valence-corrected chi connectivity index (χ1v) is 58.8. The number of nitrogens with one attached hydrogen (secondary N) is 4. The van der Waals surface area contributed by atoms with Crippen molar-refractivity contribution in [3.05, 3.63) is 71.8 Å². The molecule has 6 saturated heterocycles. The Morgan fingerprint density at radius 2 is 0.507 bits per heavy atom. The lowest BCUT2D eigenvalue weighted by molar-refractivity contribution is -0.139. The number of carbonyl (C=O) groups is 4. The monoisotopic (exact) mass is 2010 g/mol. The standard InChI is InChI=1S/2C29H46N6O2.2C29H45N5O2/c2*1-4-7-20(2)31-29-30-18-24-25(19-35(27(24)32-29)22-9-11-23(36)12-10-22)21-13-16-34(17-14-21)28(37)26-8-5-6-15-33(26)3;2*1-3-7-20(2)31-29-30-18-25-26(19-34(27(25)32-29)23-10-12-24(35)13-11-23)21-14-16-33(17-15-21)28(36)22-8-5-4-6-9-22/h2*18-23,26,36H,4-17H2,1-3H3,(H,30,31,32);2*18-24,35H,3-17H2,1-2H3,(H,30,31,32)/t20-,22?,23?,26?;20-,22?,23?,26-;2*20-,23?,24?/m0000/s1. The van der Waals surface area contributed by atoms with E-state index >= 15 is 0 Å². The molecule has 14 heterocycles. The van der Waals surface area contributed by atoms with Crippen LogP contribution in [0.25, 0.3) is 44.1 Å². The third kappa shape index (κ3) is 26.9. The Bertz CT molecular complexity index is 5130. The normalized spacial score (nSPS) is 26.1. The summed E-state index contributed by atoms with van der Waals surface area (Å²) < 4.78 is 9.52. The summed E-state index contributed by atoms with van der Waals surface area (Å²) in [7, 11) is 4.19. The summed E-state index contributed by atoms with van der Waals surface area (Å²) in [5.41, 5.74) is 9.41. The molecule has 6 atom stereocenters. The highest BCUT2D eigenvalue weighted by molar-refractivity contribution is 5.87. The van der Waals surface area contributed by atoms with Crippen LogP contribution in [0.1, 0.15) is 434 Å². The SMILES string of the molecule is CCC[C@H](C)Nc1ncc2c(C3CCN(C(=O)C4CCCCC4)CC3)cn(C3CCC(O)CC3)c2n1.CCC[C@H](C)Nc1ncc2c(C3CCN(C(=O)C4CCCCC4)CC3)cn(C3CCC(O)CC3)c2n1.CCC[C@H](C)Nc1ncc2c(C3CCN(C(=O)C4CCCCN4C)CC3)cn(C3CCC(O)CC3)c2n1.CCC[C@H](C)Nc1ncc2c(C3CCN(C(=O)[C@@H]4CCCCN4C)CC3)cn(C3CCC(O)CC3)c2n1. The van der Waals surface area contributed by atoms with Crippen LogP contribution in [0.2, 0.25) is 0 Å². The number of hydrogen-bond acceptors (Lipinski definition) is 22. The van der Waals surface area contributed by atoms with Gasteiger partial charge in [0.2, 0.25) is 47.4 Å². The van der Waals surface area contributed by atoms with Crippen LogP contribution in [-0.2, 0) is 19.2 Å². The number of likely N-dealkylation sites (N-methyl/N-ethyl adjacent to an activating group) is 2. The maximum atomic E-state index is 13.3. The van der Waals surface area contributed by atoms with E-state index in [0.717, 1.165) is 366 Å². The van der Waals surface area contributed by atoms with Gasteiger partial charge in [0.25, 0.3) is 0 Å². The van der Waals surface area contributed by atoms with Crippen LogP contribution in [0.4, 0.5) is 23.8 Å². The molecule has 12 fully saturated rings. The third-order valence-corrected chi connectivity index (χ3v) is 36.0. The Labute approximate surface area is 870 Å². The molecule has 0 bridgehead atoms. The van der Waals surface area contributed by atoms with Gasteiger partial charge in [-0.05, 0) is 332 Å². The summed E-state index contributed by atoms with van der Waals surface area (Å²) in [6, 6.07) is 2.92. The van der Waals surface area contributed by atoms with Crippen LogP contribution in [0, 0.1) is 11.8 Å². The molecule has 146 heavy (non-hydrogen) atoms. The van der Waals surface area contributed by atoms with Gasteiger partial charge in [-0.2, -0.15) is 19.9 Å². The van der Waals surface area contributed by atoms with Crippen molar-refractivity contribution in [3.63, 3.8) is 0 Å². The minimum Gasteiger partial charge on any atom is -0.393 e. The molecule has 8 N–H and O–H groups in total. The Morgan fingerprint density at radius 1 is 0.288 bits per heavy atom. The fourth-order valence-corrected chi connectivity index (χ4v) is 27.2. The van der Waals surface area contributed by atoms with Gasteiger partial charge in [0, 0.05) is 184 Å². The second-order valence-corrected chi connectivity index (χ2v) is 46.9. The first kappa shape index (κ1) is 109. The molecular formula is C116H182N22O8. The zero-order chi connectivity index (χ0) is 102. The minimum atomic E-state index is -0.177. The number of aliphatic hydroxyl groups is 4. The summed E-state index contributed by atoms with van der Waals surface area (Å²) in [4.78, 5) is 105. The quantitative estimate of drug-likeness (QED) is 0.0226. The van der Waals surface area contributed by atoms with E-state index in [-0.39, 0.29) is 48.3 Å². The lowest BCUT2D eigenvalue weighted by Gasteiger charge is -2.38. The number of likely N-dealkylation sites (tertiary alicyclic amines) is 6. The lowest BCUT2D eigenvalue weighted by atomic mass is 9.86. The van der Waals surface area contributed by atoms with Crippen LogP contribution in [0.3, 0.4) is 0 Å². The second-order valence-electron chi connectivity index (χ2n) is 46.9. The van der Waals surface area contributed by atoms with Gasteiger partial charge in [0.15, 0.2) is 0 Å². The van der Waals surface area contributed by atoms with Gasteiger partial charge in [-0.1, -0.05) is 105 Å². The van der Waals surface area contributed by atoms with Gasteiger partial charge in [-0.25, -0.2) is 19.9 Å². The second kappa shape index (κ2) is 51.9. The minimum absolute atomic E-state index is 0.0586. The average molecular weight is 2010 g/mol. The number of aromatic nitrogens is 12. The third-order valence-electron chi connectivity index (χ3n) is 36.0. The van der Waals surface area contributed by atoms with Gasteiger partial charge in [-0.3, -0.25) is 29.0 Å². The molecule has 4 amide bonds. The highest BCUT2D eigenvalue weighted by Gasteiger charge is 2.41. The maximum absolute atomic E-state index is 13.3. The van der Waals surface area contributed by atoms with Crippen molar-refractivity contribution in [2.45, 2.75) is 472 Å². The van der Waals surface area contributed by atoms with Crippen molar-refractivity contribution >= 4 is 91.6 Å². The van der Waals surface area contributed by atoms with E-state index in [9.17, 15) is 39.6 Å². The summed E-state index contributed by atoms with van der Waals surface area (Å²) in [5.74, 6) is 6.46. The smallest absolute Gasteiger partial charge is 0.239 e. The molecule has 6 saturated carbocycles. The van der Waals surface area contributed by atoms with Crippen molar-refractivity contribution in [3.8, 4) is 0 Å². The van der Waals surface area contributed by atoms with E-state index in [4.69, 9.17) is 39.9 Å². The molecule has 30 heteroatoms. The molecule has 8 aromatic rings. The van der Waals surface area contributed by atoms with Gasteiger partial charge >= 0.3 is 0 Å².